The van der Waals surface area contributed by atoms with Crippen LogP contribution in [0, 0.1) is 19.8 Å². The molecule has 5 heteroatoms. The van der Waals surface area contributed by atoms with Crippen LogP contribution in [0.5, 0.6) is 0 Å². The maximum atomic E-state index is 4.78. The monoisotopic (exact) mass is 323 g/mol. The zero-order chi connectivity index (χ0) is 16.8. The maximum absolute atomic E-state index is 4.78. The first-order chi connectivity index (χ1) is 11.5. The molecular weight excluding hydrogens is 298 g/mol. The van der Waals surface area contributed by atoms with Gasteiger partial charge in [-0.3, -0.25) is 10.00 Å². The van der Waals surface area contributed by atoms with Crippen LogP contribution in [0.4, 0.5) is 0 Å². The number of benzene rings is 1. The maximum Gasteiger partial charge on any atom is 0.159 e. The van der Waals surface area contributed by atoms with E-state index in [-0.39, 0.29) is 0 Å². The van der Waals surface area contributed by atoms with E-state index in [1.165, 1.54) is 22.4 Å². The van der Waals surface area contributed by atoms with Crippen molar-refractivity contribution < 1.29 is 0 Å². The van der Waals surface area contributed by atoms with Crippen molar-refractivity contribution in [3.8, 4) is 11.5 Å². The summed E-state index contributed by atoms with van der Waals surface area (Å²) < 4.78 is 0. The van der Waals surface area contributed by atoms with E-state index in [0.717, 1.165) is 48.6 Å². The van der Waals surface area contributed by atoms with Gasteiger partial charge in [-0.05, 0) is 49.4 Å². The summed E-state index contributed by atoms with van der Waals surface area (Å²) in [6.07, 6.45) is 1.03. The van der Waals surface area contributed by atoms with Crippen LogP contribution in [0.2, 0.25) is 0 Å². The molecule has 1 aromatic carbocycles. The predicted octanol–water partition coefficient (Wildman–Crippen LogP) is 3.58. The molecule has 2 N–H and O–H groups in total. The van der Waals surface area contributed by atoms with Crippen LogP contribution in [0.25, 0.3) is 22.6 Å². The lowest BCUT2D eigenvalue weighted by Crippen LogP contribution is -2.33. The van der Waals surface area contributed by atoms with Crippen LogP contribution in [-0.4, -0.2) is 38.2 Å². The average molecular weight is 323 g/mol. The second kappa shape index (κ2) is 5.74. The van der Waals surface area contributed by atoms with Crippen LogP contribution < -0.4 is 0 Å². The molecule has 0 fully saturated rings. The zero-order valence-corrected chi connectivity index (χ0v) is 14.9. The van der Waals surface area contributed by atoms with Crippen LogP contribution >= 0.6 is 0 Å². The molecule has 126 valence electrons. The van der Waals surface area contributed by atoms with Gasteiger partial charge in [0.2, 0.25) is 0 Å². The van der Waals surface area contributed by atoms with Crippen molar-refractivity contribution in [2.24, 2.45) is 5.92 Å². The topological polar surface area (TPSA) is 60.6 Å². The highest BCUT2D eigenvalue weighted by Crippen LogP contribution is 2.29. The molecule has 2 aromatic heterocycles. The fourth-order valence-electron chi connectivity index (χ4n) is 3.62. The molecular formula is C19H25N5. The number of hydrogen-bond donors (Lipinski definition) is 2. The minimum Gasteiger partial charge on any atom is -0.337 e. The first-order valence-corrected chi connectivity index (χ1v) is 8.77. The third kappa shape index (κ3) is 2.63. The van der Waals surface area contributed by atoms with Gasteiger partial charge in [-0.25, -0.2) is 4.98 Å². The van der Waals surface area contributed by atoms with Crippen molar-refractivity contribution >= 4 is 11.0 Å². The summed E-state index contributed by atoms with van der Waals surface area (Å²) in [6, 6.07) is 4.32. The minimum atomic E-state index is 0.691. The van der Waals surface area contributed by atoms with Gasteiger partial charge in [-0.15, -0.1) is 0 Å². The number of nitrogens with one attached hydrogen (secondary N) is 2. The van der Waals surface area contributed by atoms with Gasteiger partial charge in [-0.1, -0.05) is 13.8 Å². The Kier molecular flexibility index (Phi) is 3.68. The smallest absolute Gasteiger partial charge is 0.159 e. The number of aromatic nitrogens is 4. The quantitative estimate of drug-likeness (QED) is 0.774. The van der Waals surface area contributed by atoms with E-state index in [4.69, 9.17) is 4.98 Å². The Morgan fingerprint density at radius 2 is 2.00 bits per heavy atom. The highest BCUT2D eigenvalue weighted by atomic mass is 15.2. The normalized spacial score (nSPS) is 15.4. The molecule has 0 saturated heterocycles. The van der Waals surface area contributed by atoms with Crippen LogP contribution in [0.15, 0.2) is 12.1 Å². The van der Waals surface area contributed by atoms with E-state index in [1.807, 2.05) is 0 Å². The number of nitrogens with zero attached hydrogens (tertiary/aromatic N) is 3. The molecule has 1 aliphatic rings. The average Bonchev–Trinajstić information content (AvgIpc) is 3.10. The van der Waals surface area contributed by atoms with E-state index >= 15 is 0 Å². The summed E-state index contributed by atoms with van der Waals surface area (Å²) >= 11 is 0. The van der Waals surface area contributed by atoms with Crippen molar-refractivity contribution in [3.63, 3.8) is 0 Å². The lowest BCUT2D eigenvalue weighted by atomic mass is 10.0. The Hall–Kier alpha value is -2.14. The van der Waals surface area contributed by atoms with Crippen molar-refractivity contribution in [1.29, 1.82) is 0 Å². The molecule has 0 atom stereocenters. The van der Waals surface area contributed by atoms with Gasteiger partial charge in [0.1, 0.15) is 5.69 Å². The molecule has 0 amide bonds. The number of hydrogen-bond acceptors (Lipinski definition) is 3. The third-order valence-corrected chi connectivity index (χ3v) is 4.96. The van der Waals surface area contributed by atoms with Gasteiger partial charge in [-0.2, -0.15) is 5.10 Å². The molecule has 3 aromatic rings. The van der Waals surface area contributed by atoms with Crippen LogP contribution in [0.3, 0.4) is 0 Å². The first-order valence-electron chi connectivity index (χ1n) is 8.77. The Morgan fingerprint density at radius 1 is 1.21 bits per heavy atom. The molecule has 0 aliphatic carbocycles. The van der Waals surface area contributed by atoms with Crippen LogP contribution in [-0.2, 0) is 13.0 Å². The summed E-state index contributed by atoms with van der Waals surface area (Å²) in [6.45, 7) is 12.0. The highest BCUT2D eigenvalue weighted by molar-refractivity contribution is 5.81. The summed E-state index contributed by atoms with van der Waals surface area (Å²) in [7, 11) is 0. The standard InChI is InChI=1S/C19H25N5/c1-11(2)9-24-6-5-14-17(10-24)22-23-18(14)19-20-15-7-12(3)13(4)8-16(15)21-19/h7-8,11H,5-6,9-10H2,1-4H3,(H,20,21)(H,22,23). The lowest BCUT2D eigenvalue weighted by Gasteiger charge is -2.27. The predicted molar refractivity (Wildman–Crippen MR) is 97.0 cm³/mol. The Labute approximate surface area is 142 Å². The van der Waals surface area contributed by atoms with Gasteiger partial charge >= 0.3 is 0 Å². The zero-order valence-electron chi connectivity index (χ0n) is 14.9. The Balaban J connectivity index is 1.68. The Morgan fingerprint density at radius 3 is 2.79 bits per heavy atom. The second-order valence-electron chi connectivity index (χ2n) is 7.45. The van der Waals surface area contributed by atoms with Gasteiger partial charge in [0.05, 0.1) is 16.7 Å². The number of H-pyrrole nitrogens is 2. The number of aromatic amines is 2. The molecule has 0 unspecified atom stereocenters. The van der Waals surface area contributed by atoms with E-state index in [0.29, 0.717) is 5.92 Å². The molecule has 1 aliphatic heterocycles. The minimum absolute atomic E-state index is 0.691. The van der Waals surface area contributed by atoms with Crippen molar-refractivity contribution in [2.45, 2.75) is 40.7 Å². The van der Waals surface area contributed by atoms with Gasteiger partial charge in [0.25, 0.3) is 0 Å². The Bertz CT molecular complexity index is 848. The van der Waals surface area contributed by atoms with Crippen molar-refractivity contribution in [1.82, 2.24) is 25.1 Å². The summed E-state index contributed by atoms with van der Waals surface area (Å²) in [5.41, 5.74) is 8.21. The summed E-state index contributed by atoms with van der Waals surface area (Å²) in [4.78, 5) is 10.7. The molecule has 3 heterocycles. The molecule has 4 rings (SSSR count). The highest BCUT2D eigenvalue weighted by Gasteiger charge is 2.24. The largest absolute Gasteiger partial charge is 0.337 e. The van der Waals surface area contributed by atoms with Gasteiger partial charge in [0.15, 0.2) is 5.82 Å². The van der Waals surface area contributed by atoms with Crippen molar-refractivity contribution in [2.75, 3.05) is 13.1 Å². The van der Waals surface area contributed by atoms with Gasteiger partial charge < -0.3 is 4.98 Å². The van der Waals surface area contributed by atoms with E-state index < -0.39 is 0 Å². The third-order valence-electron chi connectivity index (χ3n) is 4.96. The number of aryl methyl sites for hydroxylation is 2. The molecule has 0 spiro atoms. The molecule has 24 heavy (non-hydrogen) atoms. The van der Waals surface area contributed by atoms with E-state index in [2.05, 4.69) is 59.9 Å². The summed E-state index contributed by atoms with van der Waals surface area (Å²) in [5.74, 6) is 1.57. The number of rotatable bonds is 3. The fourth-order valence-corrected chi connectivity index (χ4v) is 3.62. The van der Waals surface area contributed by atoms with Crippen LogP contribution in [0.1, 0.15) is 36.2 Å². The number of imidazole rings is 1. The molecule has 5 nitrogen and oxygen atoms in total. The van der Waals surface area contributed by atoms with Crippen molar-refractivity contribution in [3.05, 3.63) is 34.5 Å². The molecule has 0 saturated carbocycles. The number of fused-ring (bicyclic) bond motifs is 2. The molecule has 0 radical (unpaired) electrons. The summed E-state index contributed by atoms with van der Waals surface area (Å²) in [5, 5.41) is 7.82. The second-order valence-corrected chi connectivity index (χ2v) is 7.45. The molecule has 0 bridgehead atoms. The van der Waals surface area contributed by atoms with Gasteiger partial charge in [0, 0.05) is 25.2 Å². The first kappa shape index (κ1) is 15.4. The van der Waals surface area contributed by atoms with E-state index in [1.54, 1.807) is 0 Å². The fraction of sp³-hybridized carbons (Fsp3) is 0.474. The SMILES string of the molecule is Cc1cc2nc(-c3n[nH]c4c3CCN(CC(C)C)C4)[nH]c2cc1C. The van der Waals surface area contributed by atoms with E-state index in [9.17, 15) is 0 Å². The lowest BCUT2D eigenvalue weighted by molar-refractivity contribution is 0.224.